The number of alkyl halides is 3. The smallest absolute Gasteiger partial charge is 0.336 e. The lowest BCUT2D eigenvalue weighted by Gasteiger charge is -2.21. The van der Waals surface area contributed by atoms with Gasteiger partial charge in [-0.25, -0.2) is 9.18 Å². The lowest BCUT2D eigenvalue weighted by molar-refractivity contribution is -0.323. The molecule has 0 radical (unpaired) electrons. The third-order valence-corrected chi connectivity index (χ3v) is 5.87. The Morgan fingerprint density at radius 2 is 1.89 bits per heavy atom. The molecule has 1 saturated carbocycles. The van der Waals surface area contributed by atoms with E-state index in [4.69, 9.17) is 4.98 Å². The zero-order valence-corrected chi connectivity index (χ0v) is 19.6. The van der Waals surface area contributed by atoms with Crippen LogP contribution in [0.3, 0.4) is 0 Å². The zero-order valence-electron chi connectivity index (χ0n) is 19.6. The molecule has 192 valence electrons. The normalized spacial score (nSPS) is 16.9. The van der Waals surface area contributed by atoms with Crippen molar-refractivity contribution < 1.29 is 31.9 Å². The number of amides is 3. The van der Waals surface area contributed by atoms with E-state index in [0.29, 0.717) is 28.8 Å². The number of hydrogen-bond acceptors (Lipinski definition) is 5. The van der Waals surface area contributed by atoms with Crippen LogP contribution < -0.4 is 16.0 Å². The van der Waals surface area contributed by atoms with Crippen molar-refractivity contribution in [1.82, 2.24) is 15.6 Å². The van der Waals surface area contributed by atoms with Crippen LogP contribution in [0.2, 0.25) is 0 Å². The number of fused-ring (bicyclic) bond motifs is 1. The molecule has 2 aliphatic rings. The maximum Gasteiger partial charge on any atom is 0.522 e. The van der Waals surface area contributed by atoms with Gasteiger partial charge in [-0.3, -0.25) is 19.5 Å². The number of aliphatic imine (C=N–C) groups is 1. The Hall–Kier alpha value is -3.54. The highest BCUT2D eigenvalue weighted by Crippen LogP contribution is 2.33. The van der Waals surface area contributed by atoms with E-state index in [9.17, 15) is 27.2 Å². The van der Waals surface area contributed by atoms with Gasteiger partial charge in [0.05, 0.1) is 18.0 Å². The van der Waals surface area contributed by atoms with Crippen molar-refractivity contribution in [2.45, 2.75) is 45.6 Å². The van der Waals surface area contributed by atoms with E-state index in [-0.39, 0.29) is 23.7 Å². The molecule has 2 heterocycles. The first-order valence-electron chi connectivity index (χ1n) is 11.4. The number of urea groups is 1. The number of nitrogens with one attached hydrogen (secondary N) is 3. The van der Waals surface area contributed by atoms with Crippen molar-refractivity contribution in [1.29, 1.82) is 0 Å². The number of benzene rings is 1. The molecular formula is C24H25F4N5O3. The Kier molecular flexibility index (Phi) is 7.25. The minimum absolute atomic E-state index is 0.00724. The van der Waals surface area contributed by atoms with Crippen molar-refractivity contribution in [3.63, 3.8) is 0 Å². The summed E-state index contributed by atoms with van der Waals surface area (Å²) in [6.07, 6.45) is -1.25. The summed E-state index contributed by atoms with van der Waals surface area (Å²) in [6, 6.07) is 3.71. The van der Waals surface area contributed by atoms with Gasteiger partial charge in [0.1, 0.15) is 12.0 Å². The quantitative estimate of drug-likeness (QED) is 0.389. The summed E-state index contributed by atoms with van der Waals surface area (Å²) in [6.45, 7) is 2.34. The number of aryl methyl sites for hydroxylation is 2. The second-order valence-corrected chi connectivity index (χ2v) is 8.76. The van der Waals surface area contributed by atoms with Crippen molar-refractivity contribution in [2.75, 3.05) is 18.5 Å². The van der Waals surface area contributed by atoms with Crippen LogP contribution in [0.5, 0.6) is 0 Å². The van der Waals surface area contributed by atoms with Crippen LogP contribution in [0.15, 0.2) is 23.2 Å². The number of halogens is 4. The summed E-state index contributed by atoms with van der Waals surface area (Å²) >= 11 is 0. The lowest BCUT2D eigenvalue weighted by Crippen LogP contribution is -2.38. The molecule has 2 aromatic rings. The van der Waals surface area contributed by atoms with Gasteiger partial charge in [-0.2, -0.15) is 0 Å². The first kappa shape index (κ1) is 25.5. The number of pyridine rings is 1. The highest BCUT2D eigenvalue weighted by atomic mass is 19.4. The van der Waals surface area contributed by atoms with Crippen molar-refractivity contribution >= 4 is 23.8 Å². The Morgan fingerprint density at radius 1 is 1.14 bits per heavy atom. The Bertz CT molecular complexity index is 1210. The molecule has 0 bridgehead atoms. The van der Waals surface area contributed by atoms with Crippen LogP contribution in [0.4, 0.5) is 28.0 Å². The van der Waals surface area contributed by atoms with Gasteiger partial charge < -0.3 is 16.0 Å². The summed E-state index contributed by atoms with van der Waals surface area (Å²) < 4.78 is 54.2. The maximum atomic E-state index is 14.5. The fourth-order valence-corrected chi connectivity index (χ4v) is 3.90. The predicted molar refractivity (Wildman–Crippen MR) is 124 cm³/mol. The summed E-state index contributed by atoms with van der Waals surface area (Å²) in [5, 5.41) is 7.43. The van der Waals surface area contributed by atoms with E-state index in [1.807, 2.05) is 13.0 Å². The van der Waals surface area contributed by atoms with Crippen LogP contribution in [-0.2, 0) is 16.0 Å². The third-order valence-electron chi connectivity index (χ3n) is 5.87. The minimum Gasteiger partial charge on any atom is -0.336 e. The second kappa shape index (κ2) is 10.2. The van der Waals surface area contributed by atoms with E-state index in [0.717, 1.165) is 24.1 Å². The molecule has 1 aromatic heterocycles. The van der Waals surface area contributed by atoms with Gasteiger partial charge in [0.25, 0.3) is 0 Å². The molecule has 0 spiro atoms. The molecule has 1 fully saturated rings. The van der Waals surface area contributed by atoms with Crippen molar-refractivity contribution in [3.8, 4) is 11.1 Å². The van der Waals surface area contributed by atoms with Gasteiger partial charge in [-0.15, -0.1) is 13.2 Å². The molecular weight excluding hydrogens is 482 g/mol. The summed E-state index contributed by atoms with van der Waals surface area (Å²) in [5.74, 6) is -0.608. The predicted octanol–water partition coefficient (Wildman–Crippen LogP) is 3.99. The number of rotatable bonds is 7. The largest absolute Gasteiger partial charge is 0.522 e. The molecule has 4 rings (SSSR count). The molecule has 0 saturated heterocycles. The first-order chi connectivity index (χ1) is 17.0. The number of aromatic nitrogens is 1. The van der Waals surface area contributed by atoms with Gasteiger partial charge in [0, 0.05) is 41.9 Å². The van der Waals surface area contributed by atoms with Crippen LogP contribution in [0, 0.1) is 25.6 Å². The highest BCUT2D eigenvalue weighted by molar-refractivity contribution is 5.91. The monoisotopic (exact) mass is 507 g/mol. The highest BCUT2D eigenvalue weighted by Gasteiger charge is 2.32. The molecule has 3 N–H and O–H groups in total. The van der Waals surface area contributed by atoms with E-state index < -0.39 is 31.4 Å². The zero-order chi connectivity index (χ0) is 26.0. The lowest BCUT2D eigenvalue weighted by atomic mass is 9.95. The minimum atomic E-state index is -4.80. The number of carbonyl (C=O) groups is 2. The molecule has 3 amide bonds. The van der Waals surface area contributed by atoms with Crippen LogP contribution in [-0.4, -0.2) is 48.8 Å². The maximum absolute atomic E-state index is 14.5. The van der Waals surface area contributed by atoms with Gasteiger partial charge in [-0.1, -0.05) is 0 Å². The Labute approximate surface area is 204 Å². The molecule has 12 heteroatoms. The van der Waals surface area contributed by atoms with E-state index in [1.54, 1.807) is 13.1 Å². The van der Waals surface area contributed by atoms with Gasteiger partial charge in [-0.05, 0) is 56.0 Å². The fourth-order valence-electron chi connectivity index (χ4n) is 3.90. The van der Waals surface area contributed by atoms with Crippen LogP contribution in [0.1, 0.15) is 35.4 Å². The molecule has 1 atom stereocenters. The summed E-state index contributed by atoms with van der Waals surface area (Å²) in [5.41, 5.74) is 4.02. The molecule has 1 unspecified atom stereocenters. The van der Waals surface area contributed by atoms with Gasteiger partial charge >= 0.3 is 12.4 Å². The Balaban J connectivity index is 1.48. The molecule has 1 aromatic carbocycles. The van der Waals surface area contributed by atoms with Crippen LogP contribution in [0.25, 0.3) is 11.1 Å². The third kappa shape index (κ3) is 6.36. The molecule has 1 aliphatic heterocycles. The first-order valence-corrected chi connectivity index (χ1v) is 11.4. The number of ether oxygens (including phenoxy) is 1. The average Bonchev–Trinajstić information content (AvgIpc) is 3.63. The second-order valence-electron chi connectivity index (χ2n) is 8.76. The fraction of sp³-hybridized carbons (Fsp3) is 0.417. The van der Waals surface area contributed by atoms with E-state index in [1.165, 1.54) is 12.1 Å². The SMILES string of the molecule is Cc1cc(F)c(NC(=O)NCCOC(F)(F)F)cc1-c1cc2c(nc1C)CC(NC(=O)C1CC1)N=C2. The number of carbonyl (C=O) groups excluding carboxylic acids is 2. The topological polar surface area (TPSA) is 105 Å². The average molecular weight is 507 g/mol. The number of anilines is 1. The molecule has 36 heavy (non-hydrogen) atoms. The summed E-state index contributed by atoms with van der Waals surface area (Å²) in [4.78, 5) is 33.2. The molecule has 8 nitrogen and oxygen atoms in total. The van der Waals surface area contributed by atoms with E-state index >= 15 is 0 Å². The van der Waals surface area contributed by atoms with Crippen molar-refractivity contribution in [2.24, 2.45) is 10.9 Å². The van der Waals surface area contributed by atoms with Crippen molar-refractivity contribution in [3.05, 3.63) is 46.5 Å². The molecule has 1 aliphatic carbocycles. The van der Waals surface area contributed by atoms with E-state index in [2.05, 4.69) is 25.7 Å². The van der Waals surface area contributed by atoms with Crippen LogP contribution >= 0.6 is 0 Å². The van der Waals surface area contributed by atoms with Gasteiger partial charge in [0.2, 0.25) is 5.91 Å². The van der Waals surface area contributed by atoms with Gasteiger partial charge in [0.15, 0.2) is 0 Å². The number of hydrogen-bond donors (Lipinski definition) is 3. The standard InChI is InChI=1S/C24H25F4N5O3/c1-12-7-18(25)20(32-23(35)29-5-6-36-24(26,27)28)9-16(12)17-8-15-11-30-21(10-19(15)31-13(17)2)33-22(34)14-3-4-14/h7-9,11,14,21H,3-6,10H2,1-2H3,(H,33,34)(H2,29,32,35). The Morgan fingerprint density at radius 3 is 2.58 bits per heavy atom. The summed E-state index contributed by atoms with van der Waals surface area (Å²) in [7, 11) is 0. The number of nitrogens with zero attached hydrogens (tertiary/aromatic N) is 2.